The number of benzene rings is 2. The van der Waals surface area contributed by atoms with Crippen LogP contribution in [0.2, 0.25) is 0 Å². The van der Waals surface area contributed by atoms with Crippen LogP contribution in [-0.2, 0) is 0 Å². The molecule has 1 heterocycles. The van der Waals surface area contributed by atoms with Gasteiger partial charge >= 0.3 is 0 Å². The maximum atomic E-state index is 13.3. The van der Waals surface area contributed by atoms with Gasteiger partial charge in [0.25, 0.3) is 17.7 Å². The van der Waals surface area contributed by atoms with Crippen molar-refractivity contribution in [3.63, 3.8) is 0 Å². The van der Waals surface area contributed by atoms with E-state index in [2.05, 4.69) is 5.32 Å². The number of carbonyl (C=O) groups excluding carboxylic acids is 3. The van der Waals surface area contributed by atoms with Crippen LogP contribution in [-0.4, -0.2) is 29.7 Å². The molecular formula is C18H14F2N2O3. The first kappa shape index (κ1) is 16.8. The third-order valence-electron chi connectivity index (χ3n) is 4.14. The SMILES string of the molecule is CC(NC(=O)c1ccc2c(c1)C(=O)N(C)C2=O)c1ccc(F)c(F)c1. The molecule has 3 rings (SSSR count). The Bertz CT molecular complexity index is 911. The highest BCUT2D eigenvalue weighted by molar-refractivity contribution is 6.21. The molecule has 1 unspecified atom stereocenters. The average molecular weight is 344 g/mol. The van der Waals surface area contributed by atoms with Gasteiger partial charge in [-0.1, -0.05) is 6.07 Å². The van der Waals surface area contributed by atoms with Crippen molar-refractivity contribution in [2.24, 2.45) is 0 Å². The summed E-state index contributed by atoms with van der Waals surface area (Å²) in [6.45, 7) is 1.63. The zero-order valence-electron chi connectivity index (χ0n) is 13.5. The molecule has 0 radical (unpaired) electrons. The molecular weight excluding hydrogens is 330 g/mol. The molecule has 5 nitrogen and oxygen atoms in total. The third kappa shape index (κ3) is 2.88. The van der Waals surface area contributed by atoms with E-state index in [1.165, 1.54) is 31.3 Å². The molecule has 0 saturated carbocycles. The quantitative estimate of drug-likeness (QED) is 0.871. The largest absolute Gasteiger partial charge is 0.346 e. The Labute approximate surface area is 142 Å². The smallest absolute Gasteiger partial charge is 0.261 e. The molecule has 1 atom stereocenters. The number of fused-ring (bicyclic) bond motifs is 1. The summed E-state index contributed by atoms with van der Waals surface area (Å²) in [6, 6.07) is 7.03. The summed E-state index contributed by atoms with van der Waals surface area (Å²) >= 11 is 0. The number of hydrogen-bond donors (Lipinski definition) is 1. The highest BCUT2D eigenvalue weighted by Crippen LogP contribution is 2.23. The van der Waals surface area contributed by atoms with Crippen LogP contribution < -0.4 is 5.32 Å². The van der Waals surface area contributed by atoms with Crippen LogP contribution in [0.25, 0.3) is 0 Å². The van der Waals surface area contributed by atoms with Crippen LogP contribution in [0, 0.1) is 11.6 Å². The van der Waals surface area contributed by atoms with Crippen molar-refractivity contribution in [2.75, 3.05) is 7.05 Å². The topological polar surface area (TPSA) is 66.5 Å². The van der Waals surface area contributed by atoms with Crippen LogP contribution in [0.3, 0.4) is 0 Å². The highest BCUT2D eigenvalue weighted by atomic mass is 19.2. The lowest BCUT2D eigenvalue weighted by atomic mass is 10.0. The number of carbonyl (C=O) groups is 3. The fourth-order valence-corrected chi connectivity index (χ4v) is 2.65. The van der Waals surface area contributed by atoms with E-state index in [9.17, 15) is 23.2 Å². The van der Waals surface area contributed by atoms with E-state index >= 15 is 0 Å². The normalized spacial score (nSPS) is 14.5. The average Bonchev–Trinajstić information content (AvgIpc) is 2.81. The molecule has 7 heteroatoms. The first-order valence-corrected chi connectivity index (χ1v) is 7.52. The summed E-state index contributed by atoms with van der Waals surface area (Å²) in [5, 5.41) is 2.65. The van der Waals surface area contributed by atoms with Crippen LogP contribution in [0.15, 0.2) is 36.4 Å². The minimum atomic E-state index is -0.997. The van der Waals surface area contributed by atoms with Crippen molar-refractivity contribution in [3.8, 4) is 0 Å². The summed E-state index contributed by atoms with van der Waals surface area (Å²) < 4.78 is 26.3. The van der Waals surface area contributed by atoms with Gasteiger partial charge in [0.05, 0.1) is 17.2 Å². The van der Waals surface area contributed by atoms with Crippen molar-refractivity contribution >= 4 is 17.7 Å². The number of imide groups is 1. The summed E-state index contributed by atoms with van der Waals surface area (Å²) in [4.78, 5) is 37.2. The van der Waals surface area contributed by atoms with Gasteiger partial charge < -0.3 is 5.32 Å². The van der Waals surface area contributed by atoms with Crippen molar-refractivity contribution < 1.29 is 23.2 Å². The third-order valence-corrected chi connectivity index (χ3v) is 4.14. The number of nitrogens with zero attached hydrogens (tertiary/aromatic N) is 1. The molecule has 1 aliphatic rings. The van der Waals surface area contributed by atoms with Crippen molar-refractivity contribution in [2.45, 2.75) is 13.0 Å². The Morgan fingerprint density at radius 3 is 2.36 bits per heavy atom. The molecule has 0 aromatic heterocycles. The van der Waals surface area contributed by atoms with E-state index in [4.69, 9.17) is 0 Å². The fourth-order valence-electron chi connectivity index (χ4n) is 2.65. The number of hydrogen-bond acceptors (Lipinski definition) is 3. The summed E-state index contributed by atoms with van der Waals surface area (Å²) in [7, 11) is 1.37. The first-order chi connectivity index (χ1) is 11.8. The van der Waals surface area contributed by atoms with Crippen molar-refractivity contribution in [3.05, 3.63) is 70.3 Å². The number of rotatable bonds is 3. The molecule has 128 valence electrons. The second kappa shape index (κ2) is 6.08. The van der Waals surface area contributed by atoms with E-state index in [1.54, 1.807) is 6.92 Å². The molecule has 25 heavy (non-hydrogen) atoms. The van der Waals surface area contributed by atoms with E-state index in [1.807, 2.05) is 0 Å². The molecule has 2 aromatic carbocycles. The van der Waals surface area contributed by atoms with E-state index in [-0.39, 0.29) is 16.7 Å². The Kier molecular flexibility index (Phi) is 4.08. The van der Waals surface area contributed by atoms with Crippen molar-refractivity contribution in [1.29, 1.82) is 0 Å². The zero-order valence-corrected chi connectivity index (χ0v) is 13.5. The van der Waals surface area contributed by atoms with Gasteiger partial charge in [0.1, 0.15) is 0 Å². The second-order valence-corrected chi connectivity index (χ2v) is 5.80. The number of amides is 3. The van der Waals surface area contributed by atoms with Gasteiger partial charge in [-0.2, -0.15) is 0 Å². The van der Waals surface area contributed by atoms with Crippen molar-refractivity contribution in [1.82, 2.24) is 10.2 Å². The molecule has 1 aliphatic heterocycles. The zero-order chi connectivity index (χ0) is 18.3. The molecule has 0 bridgehead atoms. The monoisotopic (exact) mass is 344 g/mol. The second-order valence-electron chi connectivity index (χ2n) is 5.80. The predicted molar refractivity (Wildman–Crippen MR) is 85.1 cm³/mol. The summed E-state index contributed by atoms with van der Waals surface area (Å²) in [5.41, 5.74) is 1.02. The van der Waals surface area contributed by atoms with Gasteiger partial charge in [0.15, 0.2) is 11.6 Å². The Morgan fingerprint density at radius 1 is 1.00 bits per heavy atom. The Morgan fingerprint density at radius 2 is 1.68 bits per heavy atom. The minimum Gasteiger partial charge on any atom is -0.346 e. The van der Waals surface area contributed by atoms with Gasteiger partial charge in [0, 0.05) is 12.6 Å². The lowest BCUT2D eigenvalue weighted by Crippen LogP contribution is -2.27. The van der Waals surface area contributed by atoms with Gasteiger partial charge in [0.2, 0.25) is 0 Å². The van der Waals surface area contributed by atoms with Gasteiger partial charge in [-0.15, -0.1) is 0 Å². The molecule has 3 amide bonds. The maximum Gasteiger partial charge on any atom is 0.261 e. The number of nitrogens with one attached hydrogen (secondary N) is 1. The van der Waals surface area contributed by atoms with Gasteiger partial charge in [-0.3, -0.25) is 19.3 Å². The molecule has 0 saturated heterocycles. The van der Waals surface area contributed by atoms with Gasteiger partial charge in [-0.05, 0) is 42.8 Å². The van der Waals surface area contributed by atoms with Crippen LogP contribution >= 0.6 is 0 Å². The standard InChI is InChI=1S/C18H14F2N2O3/c1-9(10-4-6-14(19)15(20)8-10)21-16(23)11-3-5-12-13(7-11)18(25)22(2)17(12)24/h3-9H,1-2H3,(H,21,23). The number of halogens is 2. The van der Waals surface area contributed by atoms with Crippen LogP contribution in [0.1, 0.15) is 49.6 Å². The predicted octanol–water partition coefficient (Wildman–Crippen LogP) is 2.68. The molecule has 2 aromatic rings. The molecule has 1 N–H and O–H groups in total. The lowest BCUT2D eigenvalue weighted by Gasteiger charge is -2.15. The van der Waals surface area contributed by atoms with E-state index in [0.717, 1.165) is 17.0 Å². The van der Waals surface area contributed by atoms with Gasteiger partial charge in [-0.25, -0.2) is 8.78 Å². The van der Waals surface area contributed by atoms with E-state index in [0.29, 0.717) is 5.56 Å². The first-order valence-electron chi connectivity index (χ1n) is 7.52. The molecule has 0 aliphatic carbocycles. The van der Waals surface area contributed by atoms with Crippen LogP contribution in [0.4, 0.5) is 8.78 Å². The Balaban J connectivity index is 1.81. The molecule has 0 spiro atoms. The molecule has 0 fully saturated rings. The lowest BCUT2D eigenvalue weighted by molar-refractivity contribution is 0.0693. The summed E-state index contributed by atoms with van der Waals surface area (Å²) in [6.07, 6.45) is 0. The fraction of sp³-hybridized carbons (Fsp3) is 0.167. The highest BCUT2D eigenvalue weighted by Gasteiger charge is 2.33. The Hall–Kier alpha value is -3.09. The maximum absolute atomic E-state index is 13.3. The van der Waals surface area contributed by atoms with Crippen LogP contribution in [0.5, 0.6) is 0 Å². The van der Waals surface area contributed by atoms with E-state index < -0.39 is 35.4 Å². The summed E-state index contributed by atoms with van der Waals surface area (Å²) in [5.74, 6) is -3.34. The minimum absolute atomic E-state index is 0.167.